The van der Waals surface area contributed by atoms with Crippen molar-refractivity contribution in [2.24, 2.45) is 5.73 Å². The summed E-state index contributed by atoms with van der Waals surface area (Å²) in [5, 5.41) is 10.2. The summed E-state index contributed by atoms with van der Waals surface area (Å²) >= 11 is 0. The molecule has 1 aromatic heterocycles. The summed E-state index contributed by atoms with van der Waals surface area (Å²) in [5.41, 5.74) is 7.64. The summed E-state index contributed by atoms with van der Waals surface area (Å²) in [6.45, 7) is 0. The van der Waals surface area contributed by atoms with Crippen molar-refractivity contribution >= 4 is 0 Å². The van der Waals surface area contributed by atoms with E-state index in [1.165, 1.54) is 0 Å². The third-order valence-electron chi connectivity index (χ3n) is 3.42. The minimum absolute atomic E-state index is 0.227. The standard InChI is InChI=1S/C15H16N2O2/c16-11-9-14(12-6-3-4-8-17-12)19-13-7-2-1-5-10(13)15(11)18/h1-8,11,14-15,18H,9,16H2. The molecule has 1 aromatic carbocycles. The molecule has 4 nitrogen and oxygen atoms in total. The second-order valence-electron chi connectivity index (χ2n) is 4.74. The Balaban J connectivity index is 1.99. The van der Waals surface area contributed by atoms with Gasteiger partial charge in [-0.25, -0.2) is 0 Å². The molecule has 1 aliphatic heterocycles. The molecule has 3 unspecified atom stereocenters. The quantitative estimate of drug-likeness (QED) is 0.818. The minimum atomic E-state index is -0.704. The van der Waals surface area contributed by atoms with Crippen molar-refractivity contribution in [2.75, 3.05) is 0 Å². The highest BCUT2D eigenvalue weighted by atomic mass is 16.5. The van der Waals surface area contributed by atoms with Crippen molar-refractivity contribution < 1.29 is 9.84 Å². The van der Waals surface area contributed by atoms with Gasteiger partial charge in [-0.3, -0.25) is 4.98 Å². The predicted octanol–water partition coefficient (Wildman–Crippen LogP) is 1.97. The molecule has 0 amide bonds. The van der Waals surface area contributed by atoms with E-state index >= 15 is 0 Å². The maximum Gasteiger partial charge on any atom is 0.142 e. The average molecular weight is 256 g/mol. The Morgan fingerprint density at radius 1 is 1.16 bits per heavy atom. The van der Waals surface area contributed by atoms with Crippen LogP contribution in [0.2, 0.25) is 0 Å². The number of aliphatic hydroxyl groups is 1. The van der Waals surface area contributed by atoms with Crippen molar-refractivity contribution in [3.8, 4) is 5.75 Å². The zero-order valence-electron chi connectivity index (χ0n) is 10.4. The van der Waals surface area contributed by atoms with Gasteiger partial charge in [0.15, 0.2) is 0 Å². The van der Waals surface area contributed by atoms with Crippen LogP contribution in [-0.4, -0.2) is 16.1 Å². The Labute approximate surface area is 111 Å². The summed E-state index contributed by atoms with van der Waals surface area (Å²) < 4.78 is 5.98. The topological polar surface area (TPSA) is 68.4 Å². The van der Waals surface area contributed by atoms with E-state index in [9.17, 15) is 5.11 Å². The molecule has 19 heavy (non-hydrogen) atoms. The summed E-state index contributed by atoms with van der Waals surface area (Å²) in [7, 11) is 0. The van der Waals surface area contributed by atoms with Crippen molar-refractivity contribution in [1.29, 1.82) is 0 Å². The molecule has 0 saturated carbocycles. The molecule has 0 saturated heterocycles. The van der Waals surface area contributed by atoms with E-state index in [4.69, 9.17) is 10.5 Å². The van der Waals surface area contributed by atoms with Crippen molar-refractivity contribution in [3.05, 3.63) is 59.9 Å². The van der Waals surface area contributed by atoms with Crippen LogP contribution in [0, 0.1) is 0 Å². The third kappa shape index (κ3) is 2.32. The average Bonchev–Trinajstić information content (AvgIpc) is 2.58. The summed E-state index contributed by atoms with van der Waals surface area (Å²) in [6, 6.07) is 12.8. The molecule has 0 fully saturated rings. The number of benzene rings is 1. The van der Waals surface area contributed by atoms with E-state index in [0.29, 0.717) is 12.2 Å². The molecule has 1 aliphatic rings. The van der Waals surface area contributed by atoms with Gasteiger partial charge in [0, 0.05) is 24.2 Å². The van der Waals surface area contributed by atoms with Crippen LogP contribution < -0.4 is 10.5 Å². The number of aromatic nitrogens is 1. The lowest BCUT2D eigenvalue weighted by atomic mass is 9.98. The molecule has 0 bridgehead atoms. The van der Waals surface area contributed by atoms with Gasteiger partial charge >= 0.3 is 0 Å². The number of hydrogen-bond donors (Lipinski definition) is 2. The van der Waals surface area contributed by atoms with Crippen molar-refractivity contribution in [2.45, 2.75) is 24.7 Å². The van der Waals surface area contributed by atoms with Crippen LogP contribution in [0.1, 0.15) is 29.9 Å². The predicted molar refractivity (Wildman–Crippen MR) is 71.6 cm³/mol. The fourth-order valence-electron chi connectivity index (χ4n) is 2.39. The molecule has 3 N–H and O–H groups in total. The van der Waals surface area contributed by atoms with E-state index in [2.05, 4.69) is 4.98 Å². The molecule has 3 atom stereocenters. The normalized spacial score (nSPS) is 26.1. The highest BCUT2D eigenvalue weighted by Crippen LogP contribution is 2.37. The van der Waals surface area contributed by atoms with Crippen LogP contribution >= 0.6 is 0 Å². The lowest BCUT2D eigenvalue weighted by Gasteiger charge is -2.18. The number of ether oxygens (including phenoxy) is 1. The fraction of sp³-hybridized carbons (Fsp3) is 0.267. The van der Waals surface area contributed by atoms with Crippen LogP contribution in [0.4, 0.5) is 0 Å². The number of nitrogens with zero attached hydrogens (tertiary/aromatic N) is 1. The first-order valence-corrected chi connectivity index (χ1v) is 6.36. The molecule has 0 spiro atoms. The molecule has 2 heterocycles. The van der Waals surface area contributed by atoms with Crippen LogP contribution in [0.15, 0.2) is 48.7 Å². The molecule has 3 rings (SSSR count). The third-order valence-corrected chi connectivity index (χ3v) is 3.42. The smallest absolute Gasteiger partial charge is 0.142 e. The SMILES string of the molecule is NC1CC(c2ccccn2)Oc2ccccc2C1O. The summed E-state index contributed by atoms with van der Waals surface area (Å²) in [5.74, 6) is 0.679. The first-order valence-electron chi connectivity index (χ1n) is 6.36. The number of rotatable bonds is 1. The van der Waals surface area contributed by atoms with E-state index in [1.54, 1.807) is 6.20 Å². The summed E-state index contributed by atoms with van der Waals surface area (Å²) in [4.78, 5) is 4.31. The maximum atomic E-state index is 10.2. The Morgan fingerprint density at radius 2 is 1.95 bits per heavy atom. The second kappa shape index (κ2) is 4.99. The van der Waals surface area contributed by atoms with E-state index in [1.807, 2.05) is 42.5 Å². The highest BCUT2D eigenvalue weighted by Gasteiger charge is 2.30. The van der Waals surface area contributed by atoms with Gasteiger partial charge in [0.25, 0.3) is 0 Å². The molecule has 98 valence electrons. The van der Waals surface area contributed by atoms with Crippen LogP contribution in [0.25, 0.3) is 0 Å². The highest BCUT2D eigenvalue weighted by molar-refractivity contribution is 5.37. The van der Waals surface area contributed by atoms with Gasteiger partial charge in [-0.05, 0) is 18.2 Å². The van der Waals surface area contributed by atoms with Gasteiger partial charge in [0.2, 0.25) is 0 Å². The van der Waals surface area contributed by atoms with Crippen molar-refractivity contribution in [1.82, 2.24) is 4.98 Å². The second-order valence-corrected chi connectivity index (χ2v) is 4.74. The first kappa shape index (κ1) is 12.1. The zero-order valence-corrected chi connectivity index (χ0v) is 10.4. The number of nitrogens with two attached hydrogens (primary N) is 1. The Kier molecular flexibility index (Phi) is 3.19. The largest absolute Gasteiger partial charge is 0.484 e. The van der Waals surface area contributed by atoms with E-state index < -0.39 is 6.10 Å². The van der Waals surface area contributed by atoms with Crippen LogP contribution in [0.3, 0.4) is 0 Å². The van der Waals surface area contributed by atoms with Gasteiger partial charge in [-0.1, -0.05) is 24.3 Å². The number of hydrogen-bond acceptors (Lipinski definition) is 4. The molecular weight excluding hydrogens is 240 g/mol. The van der Waals surface area contributed by atoms with Crippen LogP contribution in [0.5, 0.6) is 5.75 Å². The maximum absolute atomic E-state index is 10.2. The molecule has 4 heteroatoms. The van der Waals surface area contributed by atoms with Crippen molar-refractivity contribution in [3.63, 3.8) is 0 Å². The van der Waals surface area contributed by atoms with Crippen LogP contribution in [-0.2, 0) is 0 Å². The van der Waals surface area contributed by atoms with Gasteiger partial charge in [0.05, 0.1) is 11.8 Å². The Hall–Kier alpha value is -1.91. The van der Waals surface area contributed by atoms with E-state index in [-0.39, 0.29) is 12.1 Å². The number of para-hydroxylation sites is 1. The number of aliphatic hydroxyl groups excluding tert-OH is 1. The Bertz CT molecular complexity index is 559. The van der Waals surface area contributed by atoms with Gasteiger partial charge in [-0.2, -0.15) is 0 Å². The van der Waals surface area contributed by atoms with Gasteiger partial charge in [0.1, 0.15) is 11.9 Å². The molecule has 2 aromatic rings. The van der Waals surface area contributed by atoms with Gasteiger partial charge < -0.3 is 15.6 Å². The zero-order chi connectivity index (χ0) is 13.2. The molecule has 0 aliphatic carbocycles. The number of pyridine rings is 1. The molecule has 0 radical (unpaired) electrons. The lowest BCUT2D eigenvalue weighted by Crippen LogP contribution is -2.29. The van der Waals surface area contributed by atoms with Gasteiger partial charge in [-0.15, -0.1) is 0 Å². The Morgan fingerprint density at radius 3 is 2.74 bits per heavy atom. The first-order chi connectivity index (χ1) is 9.25. The number of fused-ring (bicyclic) bond motifs is 1. The minimum Gasteiger partial charge on any atom is -0.484 e. The fourth-order valence-corrected chi connectivity index (χ4v) is 2.39. The monoisotopic (exact) mass is 256 g/mol. The van der Waals surface area contributed by atoms with E-state index in [0.717, 1.165) is 11.3 Å². The molecular formula is C15H16N2O2. The lowest BCUT2D eigenvalue weighted by molar-refractivity contribution is 0.130. The summed E-state index contributed by atoms with van der Waals surface area (Å²) in [6.07, 6.45) is 1.34.